The van der Waals surface area contributed by atoms with Crippen LogP contribution in [0.25, 0.3) is 20.7 Å². The SMILES string of the molecule is CC(C)c1ccc(-c2ccc3nc(C(C)C)sc3c2)s1. The Kier molecular flexibility index (Phi) is 3.65. The van der Waals surface area contributed by atoms with Crippen molar-refractivity contribution in [1.82, 2.24) is 4.98 Å². The van der Waals surface area contributed by atoms with Crippen LogP contribution in [0.5, 0.6) is 0 Å². The number of nitrogens with zero attached hydrogens (tertiary/aromatic N) is 1. The quantitative estimate of drug-likeness (QED) is 0.555. The van der Waals surface area contributed by atoms with E-state index in [0.29, 0.717) is 11.8 Å². The molecule has 1 aromatic carbocycles. The number of fused-ring (bicyclic) bond motifs is 1. The predicted molar refractivity (Wildman–Crippen MR) is 91.1 cm³/mol. The summed E-state index contributed by atoms with van der Waals surface area (Å²) >= 11 is 3.72. The van der Waals surface area contributed by atoms with Crippen LogP contribution in [0.1, 0.15) is 49.4 Å². The third-order valence-electron chi connectivity index (χ3n) is 3.38. The minimum Gasteiger partial charge on any atom is -0.241 e. The molecule has 0 spiro atoms. The molecule has 0 unspecified atom stereocenters. The number of thiazole rings is 1. The summed E-state index contributed by atoms with van der Waals surface area (Å²) in [5.74, 6) is 1.11. The fraction of sp³-hybridized carbons (Fsp3) is 0.353. The molecule has 0 N–H and O–H groups in total. The Morgan fingerprint density at radius 3 is 2.35 bits per heavy atom. The highest BCUT2D eigenvalue weighted by Gasteiger charge is 2.10. The average Bonchev–Trinajstić information content (AvgIpc) is 3.04. The molecule has 0 saturated carbocycles. The minimum atomic E-state index is 0.505. The number of aromatic nitrogens is 1. The van der Waals surface area contributed by atoms with Crippen molar-refractivity contribution >= 4 is 32.9 Å². The van der Waals surface area contributed by atoms with Crippen molar-refractivity contribution in [3.63, 3.8) is 0 Å². The molecule has 2 heterocycles. The molecular formula is C17H19NS2. The van der Waals surface area contributed by atoms with E-state index in [0.717, 1.165) is 5.52 Å². The zero-order chi connectivity index (χ0) is 14.3. The molecule has 0 radical (unpaired) electrons. The molecule has 0 amide bonds. The van der Waals surface area contributed by atoms with Crippen molar-refractivity contribution in [2.24, 2.45) is 0 Å². The van der Waals surface area contributed by atoms with Crippen LogP contribution in [0.2, 0.25) is 0 Å². The van der Waals surface area contributed by atoms with Gasteiger partial charge in [-0.05, 0) is 35.7 Å². The van der Waals surface area contributed by atoms with Crippen LogP contribution in [0, 0.1) is 0 Å². The topological polar surface area (TPSA) is 12.9 Å². The third kappa shape index (κ3) is 2.52. The van der Waals surface area contributed by atoms with Crippen LogP contribution in [-0.4, -0.2) is 4.98 Å². The molecule has 104 valence electrons. The first-order valence-electron chi connectivity index (χ1n) is 7.05. The fourth-order valence-corrected chi connectivity index (χ4v) is 4.18. The van der Waals surface area contributed by atoms with Gasteiger partial charge in [-0.25, -0.2) is 4.98 Å². The summed E-state index contributed by atoms with van der Waals surface area (Å²) in [6.45, 7) is 8.90. The van der Waals surface area contributed by atoms with E-state index in [4.69, 9.17) is 4.98 Å². The lowest BCUT2D eigenvalue weighted by Gasteiger charge is -1.99. The first-order valence-corrected chi connectivity index (χ1v) is 8.68. The smallest absolute Gasteiger partial charge is 0.0963 e. The summed E-state index contributed by atoms with van der Waals surface area (Å²) in [6.07, 6.45) is 0. The van der Waals surface area contributed by atoms with E-state index in [1.54, 1.807) is 0 Å². The second kappa shape index (κ2) is 5.30. The molecule has 2 aromatic heterocycles. The Hall–Kier alpha value is -1.19. The Labute approximate surface area is 128 Å². The van der Waals surface area contributed by atoms with E-state index in [1.165, 1.54) is 25.0 Å². The van der Waals surface area contributed by atoms with Crippen molar-refractivity contribution in [3.8, 4) is 10.4 Å². The summed E-state index contributed by atoms with van der Waals surface area (Å²) in [4.78, 5) is 7.51. The Bertz CT molecular complexity index is 734. The van der Waals surface area contributed by atoms with Crippen molar-refractivity contribution < 1.29 is 0 Å². The van der Waals surface area contributed by atoms with Crippen molar-refractivity contribution in [1.29, 1.82) is 0 Å². The van der Waals surface area contributed by atoms with Crippen molar-refractivity contribution in [2.45, 2.75) is 39.5 Å². The van der Waals surface area contributed by atoms with Crippen LogP contribution in [0.15, 0.2) is 30.3 Å². The van der Waals surface area contributed by atoms with Gasteiger partial charge in [0, 0.05) is 15.7 Å². The molecule has 3 heteroatoms. The molecule has 3 aromatic rings. The normalized spacial score (nSPS) is 11.9. The summed E-state index contributed by atoms with van der Waals surface area (Å²) in [7, 11) is 0. The van der Waals surface area contributed by atoms with Gasteiger partial charge in [-0.2, -0.15) is 0 Å². The lowest BCUT2D eigenvalue weighted by atomic mass is 10.1. The summed E-state index contributed by atoms with van der Waals surface area (Å²) < 4.78 is 1.30. The molecule has 0 fully saturated rings. The van der Waals surface area contributed by atoms with E-state index in [2.05, 4.69) is 58.0 Å². The second-order valence-electron chi connectivity index (χ2n) is 5.75. The number of benzene rings is 1. The number of thiophene rings is 1. The van der Waals surface area contributed by atoms with Crippen LogP contribution < -0.4 is 0 Å². The lowest BCUT2D eigenvalue weighted by Crippen LogP contribution is -1.82. The minimum absolute atomic E-state index is 0.505. The standard InChI is InChI=1S/C17H19NS2/c1-10(2)14-7-8-15(19-14)12-5-6-13-16(9-12)20-17(18-13)11(3)4/h5-11H,1-4H3. The van der Waals surface area contributed by atoms with Gasteiger partial charge >= 0.3 is 0 Å². The highest BCUT2D eigenvalue weighted by Crippen LogP contribution is 2.35. The van der Waals surface area contributed by atoms with Gasteiger partial charge in [-0.3, -0.25) is 0 Å². The van der Waals surface area contributed by atoms with Crippen molar-refractivity contribution in [2.75, 3.05) is 0 Å². The van der Waals surface area contributed by atoms with Gasteiger partial charge in [-0.15, -0.1) is 22.7 Å². The van der Waals surface area contributed by atoms with Crippen LogP contribution in [-0.2, 0) is 0 Å². The van der Waals surface area contributed by atoms with Gasteiger partial charge < -0.3 is 0 Å². The van der Waals surface area contributed by atoms with Crippen LogP contribution in [0.4, 0.5) is 0 Å². The Morgan fingerprint density at radius 2 is 1.70 bits per heavy atom. The van der Waals surface area contributed by atoms with Gasteiger partial charge in [0.2, 0.25) is 0 Å². The third-order valence-corrected chi connectivity index (χ3v) is 6.13. The summed E-state index contributed by atoms with van der Waals surface area (Å²) in [6, 6.07) is 11.1. The average molecular weight is 301 g/mol. The number of hydrogen-bond acceptors (Lipinski definition) is 3. The van der Waals surface area contributed by atoms with Gasteiger partial charge in [0.25, 0.3) is 0 Å². The van der Waals surface area contributed by atoms with Crippen LogP contribution >= 0.6 is 22.7 Å². The molecule has 0 saturated heterocycles. The Morgan fingerprint density at radius 1 is 0.900 bits per heavy atom. The largest absolute Gasteiger partial charge is 0.241 e. The fourth-order valence-electron chi connectivity index (χ4n) is 2.16. The van der Waals surface area contributed by atoms with E-state index in [9.17, 15) is 0 Å². The summed E-state index contributed by atoms with van der Waals surface area (Å²) in [5, 5.41) is 1.23. The Balaban J connectivity index is 2.03. The molecule has 0 aliphatic rings. The first kappa shape index (κ1) is 13.8. The molecule has 20 heavy (non-hydrogen) atoms. The zero-order valence-electron chi connectivity index (χ0n) is 12.3. The number of hydrogen-bond donors (Lipinski definition) is 0. The monoisotopic (exact) mass is 301 g/mol. The summed E-state index contributed by atoms with van der Waals surface area (Å²) in [5.41, 5.74) is 2.44. The highest BCUT2D eigenvalue weighted by atomic mass is 32.1. The second-order valence-corrected chi connectivity index (χ2v) is 7.92. The van der Waals surface area contributed by atoms with E-state index in [-0.39, 0.29) is 0 Å². The predicted octanol–water partition coefficient (Wildman–Crippen LogP) is 6.27. The maximum absolute atomic E-state index is 4.70. The first-order chi connectivity index (χ1) is 9.54. The van der Waals surface area contributed by atoms with Crippen LogP contribution in [0.3, 0.4) is 0 Å². The highest BCUT2D eigenvalue weighted by molar-refractivity contribution is 7.18. The number of rotatable bonds is 3. The lowest BCUT2D eigenvalue weighted by molar-refractivity contribution is 0.857. The van der Waals surface area contributed by atoms with E-state index < -0.39 is 0 Å². The molecule has 0 aliphatic carbocycles. The molecule has 0 aliphatic heterocycles. The molecule has 1 nitrogen and oxygen atoms in total. The molecule has 0 bridgehead atoms. The molecular weight excluding hydrogens is 282 g/mol. The van der Waals surface area contributed by atoms with E-state index >= 15 is 0 Å². The maximum atomic E-state index is 4.70. The maximum Gasteiger partial charge on any atom is 0.0963 e. The van der Waals surface area contributed by atoms with Gasteiger partial charge in [0.1, 0.15) is 0 Å². The van der Waals surface area contributed by atoms with Crippen molar-refractivity contribution in [3.05, 3.63) is 40.2 Å². The molecule has 0 atom stereocenters. The van der Waals surface area contributed by atoms with E-state index in [1.807, 2.05) is 22.7 Å². The van der Waals surface area contributed by atoms with Gasteiger partial charge in [-0.1, -0.05) is 33.8 Å². The van der Waals surface area contributed by atoms with Gasteiger partial charge in [0.05, 0.1) is 15.2 Å². The van der Waals surface area contributed by atoms with Gasteiger partial charge in [0.15, 0.2) is 0 Å². The zero-order valence-corrected chi connectivity index (χ0v) is 13.9. The molecule has 3 rings (SSSR count).